The van der Waals surface area contributed by atoms with Crippen molar-refractivity contribution in [2.75, 3.05) is 13.6 Å². The normalized spacial score (nSPS) is 29.8. The molecule has 0 aliphatic carbocycles. The Morgan fingerprint density at radius 2 is 2.38 bits per heavy atom. The van der Waals surface area contributed by atoms with Crippen molar-refractivity contribution in [3.8, 4) is 0 Å². The summed E-state index contributed by atoms with van der Waals surface area (Å²) in [6.07, 6.45) is 1.19. The van der Waals surface area contributed by atoms with Crippen molar-refractivity contribution < 1.29 is 4.52 Å². The van der Waals surface area contributed by atoms with Gasteiger partial charge >= 0.3 is 0 Å². The first-order valence-electron chi connectivity index (χ1n) is 4.80. The van der Waals surface area contributed by atoms with Gasteiger partial charge in [-0.2, -0.15) is 0 Å². The van der Waals surface area contributed by atoms with E-state index in [0.29, 0.717) is 6.04 Å². The number of hydrogen-bond donors (Lipinski definition) is 0. The fraction of sp³-hybridized carbons (Fsp3) is 0.700. The van der Waals surface area contributed by atoms with Crippen LogP contribution in [0.2, 0.25) is 0 Å². The predicted octanol–water partition coefficient (Wildman–Crippen LogP) is 2.00. The van der Waals surface area contributed by atoms with Crippen molar-refractivity contribution in [1.82, 2.24) is 10.1 Å². The molecule has 13 heavy (non-hydrogen) atoms. The summed E-state index contributed by atoms with van der Waals surface area (Å²) >= 11 is 0. The largest absolute Gasteiger partial charge is 0.359 e. The Morgan fingerprint density at radius 3 is 2.85 bits per heavy atom. The molecular weight excluding hydrogens is 164 g/mol. The Kier molecular flexibility index (Phi) is 2.12. The SMILES string of the molecule is Cc1cc([C@H]2C[C@@H](C)CN2C)on1. The van der Waals surface area contributed by atoms with Gasteiger partial charge in [-0.15, -0.1) is 0 Å². The third-order valence-electron chi connectivity index (χ3n) is 2.73. The molecule has 0 aromatic carbocycles. The molecule has 0 unspecified atom stereocenters. The van der Waals surface area contributed by atoms with Crippen molar-refractivity contribution in [3.63, 3.8) is 0 Å². The molecule has 2 rings (SSSR count). The lowest BCUT2D eigenvalue weighted by Gasteiger charge is -2.15. The summed E-state index contributed by atoms with van der Waals surface area (Å²) in [5.41, 5.74) is 0.975. The predicted molar refractivity (Wildman–Crippen MR) is 50.4 cm³/mol. The molecule has 1 saturated heterocycles. The highest BCUT2D eigenvalue weighted by molar-refractivity contribution is 5.09. The van der Waals surface area contributed by atoms with E-state index in [0.717, 1.165) is 23.9 Å². The van der Waals surface area contributed by atoms with E-state index >= 15 is 0 Å². The Balaban J connectivity index is 2.17. The fourth-order valence-corrected chi connectivity index (χ4v) is 2.13. The molecule has 1 aromatic heterocycles. The molecule has 3 nitrogen and oxygen atoms in total. The molecule has 0 N–H and O–H groups in total. The number of hydrogen-bond acceptors (Lipinski definition) is 3. The van der Waals surface area contributed by atoms with Gasteiger partial charge in [-0.1, -0.05) is 12.1 Å². The Bertz CT molecular complexity index is 295. The Hall–Kier alpha value is -0.830. The van der Waals surface area contributed by atoms with Gasteiger partial charge in [0.2, 0.25) is 0 Å². The van der Waals surface area contributed by atoms with Gasteiger partial charge in [-0.3, -0.25) is 4.90 Å². The van der Waals surface area contributed by atoms with E-state index in [1.165, 1.54) is 6.42 Å². The molecule has 0 saturated carbocycles. The minimum atomic E-state index is 0.441. The van der Waals surface area contributed by atoms with Crippen LogP contribution in [0, 0.1) is 12.8 Å². The van der Waals surface area contributed by atoms with E-state index in [-0.39, 0.29) is 0 Å². The van der Waals surface area contributed by atoms with E-state index < -0.39 is 0 Å². The highest BCUT2D eigenvalue weighted by Gasteiger charge is 2.30. The first-order valence-corrected chi connectivity index (χ1v) is 4.80. The standard InChI is InChI=1S/C10H16N2O/c1-7-4-9(12(3)6-7)10-5-8(2)11-13-10/h5,7,9H,4,6H2,1-3H3/t7-,9-/m1/s1. The molecule has 72 valence electrons. The molecule has 0 radical (unpaired) electrons. The van der Waals surface area contributed by atoms with Gasteiger partial charge in [-0.05, 0) is 26.3 Å². The van der Waals surface area contributed by atoms with E-state index in [1.54, 1.807) is 0 Å². The van der Waals surface area contributed by atoms with E-state index in [4.69, 9.17) is 4.52 Å². The number of rotatable bonds is 1. The molecule has 2 heterocycles. The lowest BCUT2D eigenvalue weighted by atomic mass is 10.1. The average molecular weight is 180 g/mol. The summed E-state index contributed by atoms with van der Waals surface area (Å²) in [6, 6.07) is 2.48. The zero-order valence-corrected chi connectivity index (χ0v) is 8.45. The maximum atomic E-state index is 5.28. The molecule has 2 atom stereocenters. The maximum absolute atomic E-state index is 5.28. The van der Waals surface area contributed by atoms with Gasteiger partial charge in [0.15, 0.2) is 5.76 Å². The Labute approximate surface area is 78.7 Å². The van der Waals surface area contributed by atoms with Crippen LogP contribution >= 0.6 is 0 Å². The van der Waals surface area contributed by atoms with Crippen LogP contribution in [0.4, 0.5) is 0 Å². The monoisotopic (exact) mass is 180 g/mol. The van der Waals surface area contributed by atoms with Gasteiger partial charge in [0.05, 0.1) is 11.7 Å². The second-order valence-electron chi connectivity index (χ2n) is 4.17. The van der Waals surface area contributed by atoms with Crippen molar-refractivity contribution in [2.45, 2.75) is 26.3 Å². The highest BCUT2D eigenvalue weighted by atomic mass is 16.5. The number of nitrogens with zero attached hydrogens (tertiary/aromatic N) is 2. The number of likely N-dealkylation sites (tertiary alicyclic amines) is 1. The molecule has 0 bridgehead atoms. The van der Waals surface area contributed by atoms with Crippen LogP contribution in [0.15, 0.2) is 10.6 Å². The molecule has 1 aliphatic rings. The van der Waals surface area contributed by atoms with Crippen molar-refractivity contribution in [2.24, 2.45) is 5.92 Å². The third kappa shape index (κ3) is 1.61. The first-order chi connectivity index (χ1) is 6.16. The summed E-state index contributed by atoms with van der Waals surface area (Å²) in [6.45, 7) is 5.40. The van der Waals surface area contributed by atoms with Gasteiger partial charge in [0.1, 0.15) is 0 Å². The summed E-state index contributed by atoms with van der Waals surface area (Å²) < 4.78 is 5.28. The first kappa shape index (κ1) is 8.75. The van der Waals surface area contributed by atoms with Gasteiger partial charge in [0.25, 0.3) is 0 Å². The van der Waals surface area contributed by atoms with Gasteiger partial charge < -0.3 is 4.52 Å². The minimum absolute atomic E-state index is 0.441. The molecule has 1 aromatic rings. The summed E-state index contributed by atoms with van der Waals surface area (Å²) in [4.78, 5) is 2.34. The lowest BCUT2D eigenvalue weighted by Crippen LogP contribution is -2.17. The molecule has 1 aliphatic heterocycles. The van der Waals surface area contributed by atoms with E-state index in [9.17, 15) is 0 Å². The van der Waals surface area contributed by atoms with Crippen molar-refractivity contribution >= 4 is 0 Å². The van der Waals surface area contributed by atoms with Crippen LogP contribution in [0.3, 0.4) is 0 Å². The Morgan fingerprint density at radius 1 is 1.62 bits per heavy atom. The molecule has 0 spiro atoms. The van der Waals surface area contributed by atoms with Crippen LogP contribution < -0.4 is 0 Å². The number of aryl methyl sites for hydroxylation is 1. The van der Waals surface area contributed by atoms with Crippen molar-refractivity contribution in [1.29, 1.82) is 0 Å². The highest BCUT2D eigenvalue weighted by Crippen LogP contribution is 2.33. The van der Waals surface area contributed by atoms with E-state index in [1.807, 2.05) is 13.0 Å². The maximum Gasteiger partial charge on any atom is 0.154 e. The van der Waals surface area contributed by atoms with Gasteiger partial charge in [-0.25, -0.2) is 0 Å². The second-order valence-corrected chi connectivity index (χ2v) is 4.17. The van der Waals surface area contributed by atoms with Crippen LogP contribution in [0.25, 0.3) is 0 Å². The minimum Gasteiger partial charge on any atom is -0.359 e. The molecule has 1 fully saturated rings. The summed E-state index contributed by atoms with van der Waals surface area (Å²) in [7, 11) is 2.14. The smallest absolute Gasteiger partial charge is 0.154 e. The quantitative estimate of drug-likeness (QED) is 0.662. The van der Waals surface area contributed by atoms with Crippen LogP contribution in [0.5, 0.6) is 0 Å². The second kappa shape index (κ2) is 3.14. The van der Waals surface area contributed by atoms with E-state index in [2.05, 4.69) is 24.0 Å². The fourth-order valence-electron chi connectivity index (χ4n) is 2.13. The topological polar surface area (TPSA) is 29.3 Å². The zero-order chi connectivity index (χ0) is 9.42. The zero-order valence-electron chi connectivity index (χ0n) is 8.45. The van der Waals surface area contributed by atoms with Crippen molar-refractivity contribution in [3.05, 3.63) is 17.5 Å². The van der Waals surface area contributed by atoms with Crippen LogP contribution in [0.1, 0.15) is 30.8 Å². The summed E-state index contributed by atoms with van der Waals surface area (Å²) in [5, 5.41) is 3.92. The third-order valence-corrected chi connectivity index (χ3v) is 2.73. The molecule has 0 amide bonds. The number of aromatic nitrogens is 1. The molecular formula is C10H16N2O. The lowest BCUT2D eigenvalue weighted by molar-refractivity contribution is 0.251. The van der Waals surface area contributed by atoms with Crippen LogP contribution in [-0.4, -0.2) is 23.6 Å². The molecule has 3 heteroatoms. The summed E-state index contributed by atoms with van der Waals surface area (Å²) in [5.74, 6) is 1.78. The van der Waals surface area contributed by atoms with Crippen LogP contribution in [-0.2, 0) is 0 Å². The van der Waals surface area contributed by atoms with Gasteiger partial charge in [0, 0.05) is 12.6 Å². The average Bonchev–Trinajstić information content (AvgIpc) is 2.58.